The van der Waals surface area contributed by atoms with Crippen LogP contribution in [0, 0.1) is 11.8 Å². The zero-order valence-electron chi connectivity index (χ0n) is 30.8. The Bertz CT molecular complexity index is 1610. The number of unbranched alkanes of at least 4 members (excludes halogenated alkanes) is 2. The molecule has 4 atom stereocenters. The Hall–Kier alpha value is -1.85. The molecule has 0 aliphatic carbocycles. The molecule has 0 spiro atoms. The number of ether oxygens (including phenoxy) is 4. The van der Waals surface area contributed by atoms with Gasteiger partial charge in [0.25, 0.3) is 0 Å². The van der Waals surface area contributed by atoms with Gasteiger partial charge in [0.05, 0.1) is 55.0 Å². The van der Waals surface area contributed by atoms with Crippen LogP contribution in [0.25, 0.3) is 20.4 Å². The van der Waals surface area contributed by atoms with E-state index in [-0.39, 0.29) is 65.3 Å². The molecule has 0 fully saturated rings. The van der Waals surface area contributed by atoms with Crippen molar-refractivity contribution in [2.45, 2.75) is 85.0 Å². The van der Waals surface area contributed by atoms with Gasteiger partial charge in [-0.25, -0.2) is 4.98 Å². The van der Waals surface area contributed by atoms with E-state index in [9.17, 15) is 19.2 Å². The van der Waals surface area contributed by atoms with E-state index in [2.05, 4.69) is 30.6 Å². The molecule has 10 nitrogen and oxygen atoms in total. The van der Waals surface area contributed by atoms with Gasteiger partial charge in [0.1, 0.15) is 10.1 Å². The van der Waals surface area contributed by atoms with Gasteiger partial charge in [-0.15, -0.1) is 11.3 Å². The van der Waals surface area contributed by atoms with Crippen LogP contribution in [0.5, 0.6) is 0 Å². The van der Waals surface area contributed by atoms with Crippen LogP contribution in [-0.4, -0.2) is 71.4 Å². The monoisotopic (exact) mass is 864 g/mol. The molecule has 0 saturated heterocycles. The molecule has 0 N–H and O–H groups in total. The van der Waals surface area contributed by atoms with Crippen LogP contribution in [0.1, 0.15) is 66.2 Å². The molecule has 4 aromatic rings. The van der Waals surface area contributed by atoms with Crippen LogP contribution in [0.2, 0.25) is 0 Å². The number of carbonyl (C=O) groups excluding carboxylic acids is 4. The van der Waals surface area contributed by atoms with Gasteiger partial charge in [-0.1, -0.05) is 98.6 Å². The molecule has 0 amide bonds. The van der Waals surface area contributed by atoms with Crippen LogP contribution < -0.4 is 29.6 Å². The van der Waals surface area contributed by atoms with Crippen molar-refractivity contribution in [3.05, 3.63) is 48.5 Å². The summed E-state index contributed by atoms with van der Waals surface area (Å²) in [5.41, 5.74) is 1.92. The van der Waals surface area contributed by atoms with E-state index in [0.717, 1.165) is 50.1 Å². The number of aromatic nitrogens is 2. The number of hydrogen-bond donors (Lipinski definition) is 0. The van der Waals surface area contributed by atoms with Crippen molar-refractivity contribution in [2.24, 2.45) is 11.8 Å². The summed E-state index contributed by atoms with van der Waals surface area (Å²) in [7, 11) is 2.69. The third kappa shape index (κ3) is 17.5. The van der Waals surface area contributed by atoms with Crippen molar-refractivity contribution >= 4 is 107 Å². The van der Waals surface area contributed by atoms with Crippen molar-refractivity contribution < 1.29 is 67.7 Å². The van der Waals surface area contributed by atoms with Gasteiger partial charge >= 0.3 is 53.4 Å². The first-order valence-electron chi connectivity index (χ1n) is 16.6. The second-order valence-corrected chi connectivity index (χ2v) is 16.6. The SMILES string of the molecule is CCCCOC(=O)C(Br)CC(C)C(=O)OC.CCCCOC(=O)C(CC(C)C(=O)OC)Sc1nc2ccccc2s1.[Na+].[S-]c1nc2ccccc2s1. The third-order valence-electron chi connectivity index (χ3n) is 7.13. The fourth-order valence-corrected chi connectivity index (χ4v) is 8.42. The number of alkyl halides is 1. The van der Waals surface area contributed by atoms with Crippen LogP contribution in [0.4, 0.5) is 0 Å². The molecule has 16 heteroatoms. The van der Waals surface area contributed by atoms with E-state index in [0.29, 0.717) is 26.1 Å². The van der Waals surface area contributed by atoms with Gasteiger partial charge in [-0.05, 0) is 52.9 Å². The summed E-state index contributed by atoms with van der Waals surface area (Å²) in [6.07, 6.45) is 4.38. The van der Waals surface area contributed by atoms with Gasteiger partial charge < -0.3 is 42.9 Å². The summed E-state index contributed by atoms with van der Waals surface area (Å²) in [5.74, 6) is -1.94. The summed E-state index contributed by atoms with van der Waals surface area (Å²) in [5, 5.41) is -0.480. The molecule has 2 aromatic carbocycles. The average Bonchev–Trinajstić information content (AvgIpc) is 3.72. The summed E-state index contributed by atoms with van der Waals surface area (Å²) in [4.78, 5) is 55.0. The molecule has 2 heterocycles. The molecule has 0 saturated carbocycles. The van der Waals surface area contributed by atoms with Crippen molar-refractivity contribution in [3.63, 3.8) is 0 Å². The Kier molecular flexibility index (Phi) is 24.9. The Morgan fingerprint density at radius 3 is 1.73 bits per heavy atom. The number of fused-ring (bicyclic) bond motifs is 2. The maximum atomic E-state index is 12.5. The largest absolute Gasteiger partial charge is 1.00 e. The second kappa shape index (κ2) is 26.8. The Balaban J connectivity index is 0.000000427. The Morgan fingerprint density at radius 2 is 1.23 bits per heavy atom. The molecule has 4 unspecified atom stereocenters. The topological polar surface area (TPSA) is 131 Å². The molecule has 0 radical (unpaired) electrons. The molecule has 280 valence electrons. The van der Waals surface area contributed by atoms with Gasteiger partial charge in [-0.3, -0.25) is 24.2 Å². The van der Waals surface area contributed by atoms with Crippen LogP contribution in [0.15, 0.2) is 57.2 Å². The fraction of sp³-hybridized carbons (Fsp3) is 0.500. The zero-order valence-corrected chi connectivity index (χ0v) is 37.6. The number of nitrogens with zero attached hydrogens (tertiary/aromatic N) is 2. The van der Waals surface area contributed by atoms with Crippen LogP contribution in [0.3, 0.4) is 0 Å². The minimum atomic E-state index is -0.480. The fourth-order valence-electron chi connectivity index (χ4n) is 4.21. The quantitative estimate of drug-likeness (QED) is 0.0257. The standard InChI is InChI=1S/C18H23NO4S2.C11H19BrO4.C7H5NS2.Na/c1-4-5-10-23-17(21)15(11-12(2)16(20)22-3)25-18-19-13-8-6-7-9-14(13)24-18;1-4-5-6-16-11(14)9(12)7-8(2)10(13)15-3;9-7-8-5-3-1-2-4-6(5)10-7;/h6-9,12,15H,4-5,10-11H2,1-3H3;8-9H,4-7H2,1-3H3;1-4H,(H,8,9);/q;;;+1/p-1. The third-order valence-corrected chi connectivity index (χ3v) is 11.4. The normalized spacial score (nSPS) is 12.8. The summed E-state index contributed by atoms with van der Waals surface area (Å²) in [6.45, 7) is 8.39. The first-order valence-corrected chi connectivity index (χ1v) is 20.4. The maximum absolute atomic E-state index is 12.5. The van der Waals surface area contributed by atoms with Crippen molar-refractivity contribution in [2.75, 3.05) is 27.4 Å². The van der Waals surface area contributed by atoms with Crippen molar-refractivity contribution in [1.82, 2.24) is 9.97 Å². The van der Waals surface area contributed by atoms with Crippen LogP contribution >= 0.6 is 50.4 Å². The molecule has 0 bridgehead atoms. The number of para-hydroxylation sites is 2. The summed E-state index contributed by atoms with van der Waals surface area (Å²) in [6, 6.07) is 15.8. The van der Waals surface area contributed by atoms with Gasteiger partial charge in [0.2, 0.25) is 0 Å². The van der Waals surface area contributed by atoms with Crippen LogP contribution in [-0.2, 0) is 50.8 Å². The number of esters is 4. The molecule has 2 aromatic heterocycles. The number of thioether (sulfide) groups is 1. The molecule has 4 rings (SSSR count). The smallest absolute Gasteiger partial charge is 0.469 e. The predicted molar refractivity (Wildman–Crippen MR) is 211 cm³/mol. The molecule has 0 aliphatic rings. The van der Waals surface area contributed by atoms with E-state index in [1.807, 2.05) is 62.4 Å². The number of thiazole rings is 2. The van der Waals surface area contributed by atoms with E-state index in [1.165, 1.54) is 30.7 Å². The predicted octanol–water partition coefficient (Wildman–Crippen LogP) is 5.80. The van der Waals surface area contributed by atoms with E-state index in [1.54, 1.807) is 36.5 Å². The van der Waals surface area contributed by atoms with Crippen molar-refractivity contribution in [3.8, 4) is 0 Å². The minimum absolute atomic E-state index is 0. The second-order valence-electron chi connectivity index (χ2n) is 11.3. The number of halogens is 1. The number of benzene rings is 2. The van der Waals surface area contributed by atoms with Gasteiger partial charge in [0.15, 0.2) is 4.34 Å². The molecular weight excluding hydrogens is 820 g/mol. The minimum Gasteiger partial charge on any atom is -0.469 e. The van der Waals surface area contributed by atoms with E-state index in [4.69, 9.17) is 26.8 Å². The average molecular weight is 866 g/mol. The molecule has 0 aliphatic heterocycles. The summed E-state index contributed by atoms with van der Waals surface area (Å²) >= 11 is 12.6. The first kappa shape index (κ1) is 48.2. The molecular formula is C36H46BrN2NaO8S4. The Morgan fingerprint density at radius 1 is 0.750 bits per heavy atom. The number of carbonyl (C=O) groups is 4. The van der Waals surface area contributed by atoms with E-state index >= 15 is 0 Å². The number of rotatable bonds is 16. The van der Waals surface area contributed by atoms with E-state index < -0.39 is 10.1 Å². The molecule has 52 heavy (non-hydrogen) atoms. The number of hydrogen-bond acceptors (Lipinski definition) is 14. The maximum Gasteiger partial charge on any atom is 1.00 e. The number of methoxy groups -OCH3 is 2. The summed E-state index contributed by atoms with van der Waals surface area (Å²) < 4.78 is 23.5. The zero-order chi connectivity index (χ0) is 37.8. The van der Waals surface area contributed by atoms with Gasteiger partial charge in [0, 0.05) is 0 Å². The van der Waals surface area contributed by atoms with Crippen molar-refractivity contribution in [1.29, 1.82) is 0 Å². The first-order chi connectivity index (χ1) is 24.4. The van der Waals surface area contributed by atoms with Gasteiger partial charge in [-0.2, -0.15) is 0 Å². The Labute approximate surface area is 354 Å².